The Morgan fingerprint density at radius 2 is 2.06 bits per heavy atom. The first kappa shape index (κ1) is 13.1. The molecule has 18 heavy (non-hydrogen) atoms. The molecule has 2 nitrogen and oxygen atoms in total. The Kier molecular flexibility index (Phi) is 4.07. The Morgan fingerprint density at radius 1 is 1.33 bits per heavy atom. The summed E-state index contributed by atoms with van der Waals surface area (Å²) >= 11 is 1.44. The predicted molar refractivity (Wildman–Crippen MR) is 73.2 cm³/mol. The third-order valence-corrected chi connectivity index (χ3v) is 3.80. The first-order valence-corrected chi connectivity index (χ1v) is 7.11. The molecule has 0 N–H and O–H groups in total. The molecule has 4 heteroatoms. The van der Waals surface area contributed by atoms with Crippen molar-refractivity contribution in [3.8, 4) is 11.4 Å². The maximum absolute atomic E-state index is 13.0. The molecule has 1 heterocycles. The van der Waals surface area contributed by atoms with E-state index in [4.69, 9.17) is 0 Å². The van der Waals surface area contributed by atoms with Crippen molar-refractivity contribution >= 4 is 11.5 Å². The van der Waals surface area contributed by atoms with E-state index in [0.717, 1.165) is 16.5 Å². The largest absolute Gasteiger partial charge is 0.219 e. The molecule has 1 aliphatic rings. The molecule has 0 radical (unpaired) electrons. The van der Waals surface area contributed by atoms with Crippen LogP contribution in [-0.4, -0.2) is 9.36 Å². The standard InChI is InChI=1S/C12H11FN2S.C2H6/c1-7-5-10(7)12-14-11(15-16-12)8-3-2-4-9(13)6-8;1-2/h2-4,6-7,10H,5H2,1H3;1-2H3. The highest BCUT2D eigenvalue weighted by Gasteiger charge is 2.37. The molecule has 1 fully saturated rings. The smallest absolute Gasteiger partial charge is 0.173 e. The van der Waals surface area contributed by atoms with Gasteiger partial charge in [-0.25, -0.2) is 9.37 Å². The monoisotopic (exact) mass is 264 g/mol. The van der Waals surface area contributed by atoms with Crippen molar-refractivity contribution in [1.29, 1.82) is 0 Å². The van der Waals surface area contributed by atoms with Gasteiger partial charge in [0.1, 0.15) is 10.8 Å². The summed E-state index contributed by atoms with van der Waals surface area (Å²) in [6.07, 6.45) is 1.21. The van der Waals surface area contributed by atoms with Crippen LogP contribution < -0.4 is 0 Å². The van der Waals surface area contributed by atoms with Crippen molar-refractivity contribution < 1.29 is 4.39 Å². The van der Waals surface area contributed by atoms with E-state index < -0.39 is 0 Å². The van der Waals surface area contributed by atoms with Crippen LogP contribution in [0.1, 0.15) is 38.1 Å². The SMILES string of the molecule is CC.CC1CC1c1nc(-c2cccc(F)c2)ns1. The Morgan fingerprint density at radius 3 is 2.67 bits per heavy atom. The molecule has 1 aromatic heterocycles. The zero-order chi connectivity index (χ0) is 13.1. The maximum Gasteiger partial charge on any atom is 0.173 e. The van der Waals surface area contributed by atoms with Crippen molar-refractivity contribution in [2.75, 3.05) is 0 Å². The molecule has 0 bridgehead atoms. The first-order valence-electron chi connectivity index (χ1n) is 6.33. The predicted octanol–water partition coefficient (Wildman–Crippen LogP) is 4.49. The molecule has 2 unspecified atom stereocenters. The summed E-state index contributed by atoms with van der Waals surface area (Å²) in [4.78, 5) is 4.47. The fraction of sp³-hybridized carbons (Fsp3) is 0.429. The van der Waals surface area contributed by atoms with E-state index in [-0.39, 0.29) is 5.82 Å². The number of hydrogen-bond donors (Lipinski definition) is 0. The lowest BCUT2D eigenvalue weighted by Crippen LogP contribution is -1.84. The van der Waals surface area contributed by atoms with Crippen molar-refractivity contribution in [2.45, 2.75) is 33.1 Å². The number of halogens is 1. The second-order valence-electron chi connectivity index (χ2n) is 4.29. The molecular weight excluding hydrogens is 247 g/mol. The van der Waals surface area contributed by atoms with Crippen LogP contribution in [0.15, 0.2) is 24.3 Å². The fourth-order valence-electron chi connectivity index (χ4n) is 1.80. The average molecular weight is 264 g/mol. The van der Waals surface area contributed by atoms with E-state index >= 15 is 0 Å². The van der Waals surface area contributed by atoms with Gasteiger partial charge in [-0.2, -0.15) is 4.37 Å². The van der Waals surface area contributed by atoms with Crippen molar-refractivity contribution in [3.63, 3.8) is 0 Å². The second kappa shape index (κ2) is 5.57. The maximum atomic E-state index is 13.0. The minimum atomic E-state index is -0.242. The van der Waals surface area contributed by atoms with Crippen LogP contribution in [0.3, 0.4) is 0 Å². The molecule has 0 aliphatic heterocycles. The van der Waals surface area contributed by atoms with Crippen LogP contribution in [0, 0.1) is 11.7 Å². The van der Waals surface area contributed by atoms with Gasteiger partial charge in [0.15, 0.2) is 5.82 Å². The molecule has 1 aliphatic carbocycles. The highest BCUT2D eigenvalue weighted by atomic mass is 32.1. The Labute approximate surface area is 111 Å². The molecular formula is C14H17FN2S. The summed E-state index contributed by atoms with van der Waals surface area (Å²) in [6, 6.07) is 6.43. The topological polar surface area (TPSA) is 25.8 Å². The molecule has 96 valence electrons. The number of aromatic nitrogens is 2. The lowest BCUT2D eigenvalue weighted by molar-refractivity contribution is 0.628. The number of nitrogens with zero attached hydrogens (tertiary/aromatic N) is 2. The van der Waals surface area contributed by atoms with E-state index in [1.54, 1.807) is 6.07 Å². The van der Waals surface area contributed by atoms with E-state index in [1.165, 1.54) is 30.1 Å². The van der Waals surface area contributed by atoms with E-state index in [9.17, 15) is 4.39 Å². The zero-order valence-corrected chi connectivity index (χ0v) is 11.7. The fourth-order valence-corrected chi connectivity index (χ4v) is 2.71. The minimum Gasteiger partial charge on any atom is -0.219 e. The minimum absolute atomic E-state index is 0.242. The quantitative estimate of drug-likeness (QED) is 0.798. The van der Waals surface area contributed by atoms with E-state index in [1.807, 2.05) is 19.9 Å². The van der Waals surface area contributed by atoms with Crippen molar-refractivity contribution in [1.82, 2.24) is 9.36 Å². The van der Waals surface area contributed by atoms with E-state index in [2.05, 4.69) is 16.3 Å². The van der Waals surface area contributed by atoms with Crippen LogP contribution in [-0.2, 0) is 0 Å². The normalized spacial score (nSPS) is 21.1. The van der Waals surface area contributed by atoms with E-state index in [0.29, 0.717) is 11.7 Å². The van der Waals surface area contributed by atoms with Gasteiger partial charge in [0.2, 0.25) is 0 Å². The molecule has 0 amide bonds. The molecule has 1 aromatic carbocycles. The summed E-state index contributed by atoms with van der Waals surface area (Å²) in [5.41, 5.74) is 0.760. The molecule has 2 aromatic rings. The zero-order valence-electron chi connectivity index (χ0n) is 10.9. The first-order chi connectivity index (χ1) is 8.74. The third kappa shape index (κ3) is 2.75. The van der Waals surface area contributed by atoms with Gasteiger partial charge in [-0.3, -0.25) is 0 Å². The molecule has 2 atom stereocenters. The highest BCUT2D eigenvalue weighted by Crippen LogP contribution is 2.47. The molecule has 3 rings (SSSR count). The Bertz CT molecular complexity index is 524. The summed E-state index contributed by atoms with van der Waals surface area (Å²) in [7, 11) is 0. The van der Waals surface area contributed by atoms with Gasteiger partial charge in [-0.1, -0.05) is 32.9 Å². The van der Waals surface area contributed by atoms with Gasteiger partial charge in [-0.15, -0.1) is 0 Å². The van der Waals surface area contributed by atoms with Gasteiger partial charge in [0.25, 0.3) is 0 Å². The van der Waals surface area contributed by atoms with Crippen LogP contribution >= 0.6 is 11.5 Å². The van der Waals surface area contributed by atoms with Gasteiger partial charge < -0.3 is 0 Å². The molecule has 1 saturated carbocycles. The van der Waals surface area contributed by atoms with Gasteiger partial charge >= 0.3 is 0 Å². The summed E-state index contributed by atoms with van der Waals surface area (Å²) in [6.45, 7) is 6.22. The number of hydrogen-bond acceptors (Lipinski definition) is 3. The highest BCUT2D eigenvalue weighted by molar-refractivity contribution is 7.05. The van der Waals surface area contributed by atoms with Gasteiger partial charge in [0.05, 0.1) is 0 Å². The van der Waals surface area contributed by atoms with Crippen LogP contribution in [0.2, 0.25) is 0 Å². The summed E-state index contributed by atoms with van der Waals surface area (Å²) in [5, 5.41) is 1.09. The van der Waals surface area contributed by atoms with Gasteiger partial charge in [-0.05, 0) is 36.0 Å². The second-order valence-corrected chi connectivity index (χ2v) is 5.07. The van der Waals surface area contributed by atoms with Crippen LogP contribution in [0.25, 0.3) is 11.4 Å². The summed E-state index contributed by atoms with van der Waals surface area (Å²) in [5.74, 6) is 1.72. The molecule has 0 saturated heterocycles. The average Bonchev–Trinajstić information content (AvgIpc) is 2.94. The third-order valence-electron chi connectivity index (χ3n) is 2.95. The van der Waals surface area contributed by atoms with Crippen LogP contribution in [0.5, 0.6) is 0 Å². The number of rotatable bonds is 2. The lowest BCUT2D eigenvalue weighted by Gasteiger charge is -1.94. The number of benzene rings is 1. The molecule has 0 spiro atoms. The van der Waals surface area contributed by atoms with Crippen molar-refractivity contribution in [2.24, 2.45) is 5.92 Å². The van der Waals surface area contributed by atoms with Gasteiger partial charge in [0, 0.05) is 11.5 Å². The Hall–Kier alpha value is -1.29. The van der Waals surface area contributed by atoms with Crippen LogP contribution in [0.4, 0.5) is 4.39 Å². The summed E-state index contributed by atoms with van der Waals surface area (Å²) < 4.78 is 17.3. The Balaban J connectivity index is 0.000000574. The lowest BCUT2D eigenvalue weighted by atomic mass is 10.2. The van der Waals surface area contributed by atoms with Crippen molar-refractivity contribution in [3.05, 3.63) is 35.1 Å².